The third-order valence-corrected chi connectivity index (χ3v) is 5.27. The molecule has 0 fully saturated rings. The topological polar surface area (TPSA) is 85.1 Å². The highest BCUT2D eigenvalue weighted by Crippen LogP contribution is 2.24. The van der Waals surface area contributed by atoms with E-state index in [4.69, 9.17) is 5.11 Å². The van der Waals surface area contributed by atoms with Crippen LogP contribution in [-0.4, -0.2) is 47.1 Å². The zero-order chi connectivity index (χ0) is 15.6. The van der Waals surface area contributed by atoms with Gasteiger partial charge >= 0.3 is 5.97 Å². The van der Waals surface area contributed by atoms with E-state index in [9.17, 15) is 9.00 Å². The number of aromatic nitrogens is 3. The van der Waals surface area contributed by atoms with Crippen molar-refractivity contribution in [1.29, 1.82) is 0 Å². The number of carboxylic acids is 1. The summed E-state index contributed by atoms with van der Waals surface area (Å²) in [6, 6.07) is 3.74. The SMILES string of the molecule is Cc1ccc2nc(SCC(=O)O)n(CC(C)S(C)=O)c2n1. The Morgan fingerprint density at radius 2 is 2.19 bits per heavy atom. The fourth-order valence-corrected chi connectivity index (χ4v) is 2.93. The highest BCUT2D eigenvalue weighted by atomic mass is 32.2. The van der Waals surface area contributed by atoms with Gasteiger partial charge in [-0.3, -0.25) is 9.00 Å². The van der Waals surface area contributed by atoms with Crippen LogP contribution in [0, 0.1) is 6.92 Å². The van der Waals surface area contributed by atoms with Crippen molar-refractivity contribution >= 4 is 39.7 Å². The summed E-state index contributed by atoms with van der Waals surface area (Å²) in [7, 11) is -0.966. The summed E-state index contributed by atoms with van der Waals surface area (Å²) in [5.41, 5.74) is 2.30. The molecule has 2 unspecified atom stereocenters. The molecule has 2 atom stereocenters. The third kappa shape index (κ3) is 3.82. The Morgan fingerprint density at radius 3 is 2.81 bits per heavy atom. The summed E-state index contributed by atoms with van der Waals surface area (Å²) < 4.78 is 13.5. The zero-order valence-electron chi connectivity index (χ0n) is 12.1. The molecule has 1 N–H and O–H groups in total. The molecule has 0 aliphatic rings. The molecule has 2 rings (SSSR count). The number of fused-ring (bicyclic) bond motifs is 1. The molecule has 6 nitrogen and oxygen atoms in total. The molecule has 0 amide bonds. The van der Waals surface area contributed by atoms with Crippen molar-refractivity contribution in [1.82, 2.24) is 14.5 Å². The van der Waals surface area contributed by atoms with Gasteiger partial charge in [0.2, 0.25) is 0 Å². The van der Waals surface area contributed by atoms with Crippen LogP contribution in [-0.2, 0) is 22.1 Å². The molecule has 2 aromatic rings. The predicted octanol–water partition coefficient (Wildman–Crippen LogP) is 1.68. The van der Waals surface area contributed by atoms with E-state index in [1.54, 1.807) is 6.26 Å². The largest absolute Gasteiger partial charge is 0.481 e. The first-order valence-corrected chi connectivity index (χ1v) is 9.00. The first kappa shape index (κ1) is 16.0. The van der Waals surface area contributed by atoms with Gasteiger partial charge in [-0.1, -0.05) is 11.8 Å². The van der Waals surface area contributed by atoms with Gasteiger partial charge in [0, 0.05) is 34.5 Å². The minimum atomic E-state index is -0.966. The van der Waals surface area contributed by atoms with Gasteiger partial charge in [-0.25, -0.2) is 9.97 Å². The molecule has 0 aliphatic heterocycles. The van der Waals surface area contributed by atoms with Gasteiger partial charge in [-0.15, -0.1) is 0 Å². The summed E-state index contributed by atoms with van der Waals surface area (Å²) in [5.74, 6) is -0.957. The number of hydrogen-bond donors (Lipinski definition) is 1. The standard InChI is InChI=1S/C13H17N3O3S2/c1-8-4-5-10-12(14-8)16(6-9(2)21(3)19)13(15-10)20-7-11(17)18/h4-5,9H,6-7H2,1-3H3,(H,17,18). The van der Waals surface area contributed by atoms with Gasteiger partial charge in [-0.05, 0) is 26.0 Å². The Labute approximate surface area is 129 Å². The maximum atomic E-state index is 11.6. The second-order valence-electron chi connectivity index (χ2n) is 4.79. The molecular weight excluding hydrogens is 310 g/mol. The molecule has 2 heterocycles. The van der Waals surface area contributed by atoms with Crippen molar-refractivity contribution in [3.05, 3.63) is 17.8 Å². The van der Waals surface area contributed by atoms with Crippen LogP contribution >= 0.6 is 11.8 Å². The van der Waals surface area contributed by atoms with E-state index in [1.165, 1.54) is 0 Å². The van der Waals surface area contributed by atoms with E-state index in [0.717, 1.165) is 23.0 Å². The van der Waals surface area contributed by atoms with Crippen LogP contribution < -0.4 is 0 Å². The molecule has 8 heteroatoms. The van der Waals surface area contributed by atoms with Gasteiger partial charge < -0.3 is 9.67 Å². The van der Waals surface area contributed by atoms with E-state index in [1.807, 2.05) is 30.5 Å². The van der Waals surface area contributed by atoms with E-state index in [-0.39, 0.29) is 11.0 Å². The lowest BCUT2D eigenvalue weighted by molar-refractivity contribution is -0.133. The molecule has 0 saturated heterocycles. The lowest BCUT2D eigenvalue weighted by atomic mass is 10.3. The third-order valence-electron chi connectivity index (χ3n) is 3.03. The molecule has 2 aromatic heterocycles. The molecular formula is C13H17N3O3S2. The maximum absolute atomic E-state index is 11.6. The van der Waals surface area contributed by atoms with E-state index >= 15 is 0 Å². The van der Waals surface area contributed by atoms with Crippen LogP contribution in [0.3, 0.4) is 0 Å². The number of pyridine rings is 1. The van der Waals surface area contributed by atoms with Crippen LogP contribution in [0.2, 0.25) is 0 Å². The second kappa shape index (κ2) is 6.57. The second-order valence-corrected chi connectivity index (χ2v) is 7.54. The fourth-order valence-electron chi connectivity index (χ4n) is 1.84. The number of nitrogens with zero attached hydrogens (tertiary/aromatic N) is 3. The number of carboxylic acid groups (broad SMARTS) is 1. The fraction of sp³-hybridized carbons (Fsp3) is 0.462. The van der Waals surface area contributed by atoms with Gasteiger partial charge in [0.15, 0.2) is 10.8 Å². The molecule has 0 radical (unpaired) electrons. The summed E-state index contributed by atoms with van der Waals surface area (Å²) >= 11 is 1.15. The van der Waals surface area contributed by atoms with Gasteiger partial charge in [0.25, 0.3) is 0 Å². The van der Waals surface area contributed by atoms with Gasteiger partial charge in [0.1, 0.15) is 5.52 Å². The zero-order valence-corrected chi connectivity index (χ0v) is 13.7. The quantitative estimate of drug-likeness (QED) is 0.813. The number of thioether (sulfide) groups is 1. The number of rotatable bonds is 6. The lowest BCUT2D eigenvalue weighted by Gasteiger charge is -2.12. The Balaban J connectivity index is 2.44. The number of carbonyl (C=O) groups is 1. The molecule has 0 spiro atoms. The number of hydrogen-bond acceptors (Lipinski definition) is 5. The average molecular weight is 327 g/mol. The average Bonchev–Trinajstić information content (AvgIpc) is 2.74. The highest BCUT2D eigenvalue weighted by molar-refractivity contribution is 7.99. The van der Waals surface area contributed by atoms with Crippen molar-refractivity contribution < 1.29 is 14.1 Å². The number of aryl methyl sites for hydroxylation is 1. The highest BCUT2D eigenvalue weighted by Gasteiger charge is 2.17. The van der Waals surface area contributed by atoms with Gasteiger partial charge in [-0.2, -0.15) is 0 Å². The van der Waals surface area contributed by atoms with E-state index in [2.05, 4.69) is 9.97 Å². The van der Waals surface area contributed by atoms with Gasteiger partial charge in [0.05, 0.1) is 5.75 Å². The van der Waals surface area contributed by atoms with Crippen molar-refractivity contribution in [3.8, 4) is 0 Å². The van der Waals surface area contributed by atoms with Crippen LogP contribution in [0.5, 0.6) is 0 Å². The predicted molar refractivity (Wildman–Crippen MR) is 84.2 cm³/mol. The maximum Gasteiger partial charge on any atom is 0.313 e. The summed E-state index contributed by atoms with van der Waals surface area (Å²) in [6.07, 6.45) is 1.66. The van der Waals surface area contributed by atoms with Crippen molar-refractivity contribution in [3.63, 3.8) is 0 Å². The smallest absolute Gasteiger partial charge is 0.313 e. The monoisotopic (exact) mass is 327 g/mol. The van der Waals surface area contributed by atoms with Crippen LogP contribution in [0.1, 0.15) is 12.6 Å². The first-order chi connectivity index (χ1) is 9.88. The van der Waals surface area contributed by atoms with E-state index in [0.29, 0.717) is 17.3 Å². The van der Waals surface area contributed by atoms with Crippen LogP contribution in [0.25, 0.3) is 11.2 Å². The van der Waals surface area contributed by atoms with E-state index < -0.39 is 16.8 Å². The molecule has 0 bridgehead atoms. The minimum absolute atomic E-state index is 0.0612. The van der Waals surface area contributed by atoms with Crippen molar-refractivity contribution in [2.75, 3.05) is 12.0 Å². The summed E-state index contributed by atoms with van der Waals surface area (Å²) in [5, 5.41) is 9.37. The number of aliphatic carboxylic acids is 1. The molecule has 0 aromatic carbocycles. The molecule has 21 heavy (non-hydrogen) atoms. The first-order valence-electron chi connectivity index (χ1n) is 6.39. The molecule has 0 saturated carbocycles. The summed E-state index contributed by atoms with van der Waals surface area (Å²) in [6.45, 7) is 4.28. The molecule has 0 aliphatic carbocycles. The van der Waals surface area contributed by atoms with Crippen LogP contribution in [0.15, 0.2) is 17.3 Å². The Hall–Kier alpha value is -1.41. The Bertz CT molecular complexity index is 699. The minimum Gasteiger partial charge on any atom is -0.481 e. The Kier molecular flexibility index (Phi) is 5.00. The molecule has 114 valence electrons. The van der Waals surface area contributed by atoms with Crippen molar-refractivity contribution in [2.24, 2.45) is 0 Å². The summed E-state index contributed by atoms with van der Waals surface area (Å²) in [4.78, 5) is 19.7. The lowest BCUT2D eigenvalue weighted by Crippen LogP contribution is -2.18. The Morgan fingerprint density at radius 1 is 1.48 bits per heavy atom. The van der Waals surface area contributed by atoms with Crippen LogP contribution in [0.4, 0.5) is 0 Å². The number of imidazole rings is 1. The normalized spacial score (nSPS) is 14.2. The van der Waals surface area contributed by atoms with Crippen molar-refractivity contribution in [2.45, 2.75) is 30.8 Å².